The van der Waals surface area contributed by atoms with Crippen molar-refractivity contribution in [2.24, 2.45) is 0 Å². The number of nitro groups is 1. The van der Waals surface area contributed by atoms with Crippen molar-refractivity contribution in [2.75, 3.05) is 7.11 Å². The fraction of sp³-hybridized carbons (Fsp3) is 0.174. The lowest BCUT2D eigenvalue weighted by Crippen LogP contribution is -2.31. The number of carbonyl (C=O) groups is 1. The zero-order chi connectivity index (χ0) is 20.8. The molecule has 0 fully saturated rings. The third-order valence-electron chi connectivity index (χ3n) is 4.83. The molecule has 0 spiro atoms. The fourth-order valence-electron chi connectivity index (χ4n) is 3.37. The summed E-state index contributed by atoms with van der Waals surface area (Å²) in [7, 11) is 1.55. The molecule has 5 nitrogen and oxygen atoms in total. The van der Waals surface area contributed by atoms with Crippen LogP contribution in [0.25, 0.3) is 0 Å². The van der Waals surface area contributed by atoms with E-state index in [4.69, 9.17) is 4.74 Å². The van der Waals surface area contributed by atoms with E-state index >= 15 is 0 Å². The lowest BCUT2D eigenvalue weighted by atomic mass is 9.82. The number of nitrogens with zero attached hydrogens (tertiary/aromatic N) is 1. The van der Waals surface area contributed by atoms with Crippen molar-refractivity contribution in [2.45, 2.75) is 16.8 Å². The normalized spacial score (nSPS) is 13.9. The quantitative estimate of drug-likeness (QED) is 0.197. The second kappa shape index (κ2) is 9.47. The minimum Gasteiger partial charge on any atom is -0.497 e. The van der Waals surface area contributed by atoms with Crippen LogP contribution >= 0.6 is 15.9 Å². The molecule has 0 N–H and O–H groups in total. The standard InChI is InChI=1S/C23H20BrNO4/c1-29-19-14-12-18(13-15-19)23(26)21(24)20(16-8-4-2-5-9-16)22(25(27)28)17-10-6-3-7-11-17/h2-15,20-22H,1H3/t20-,21+,22-/m1/s1. The number of hydrogen-bond donors (Lipinski definition) is 0. The van der Waals surface area contributed by atoms with Gasteiger partial charge in [-0.3, -0.25) is 14.9 Å². The number of rotatable bonds is 8. The van der Waals surface area contributed by atoms with Crippen molar-refractivity contribution >= 4 is 21.7 Å². The van der Waals surface area contributed by atoms with Gasteiger partial charge in [-0.2, -0.15) is 0 Å². The summed E-state index contributed by atoms with van der Waals surface area (Å²) < 4.78 is 5.14. The number of Topliss-reactive ketones (excluding diaryl/α,β-unsaturated/α-hetero) is 1. The third kappa shape index (κ3) is 4.71. The van der Waals surface area contributed by atoms with Gasteiger partial charge < -0.3 is 4.74 Å². The molecule has 0 aliphatic heterocycles. The summed E-state index contributed by atoms with van der Waals surface area (Å²) in [6.45, 7) is 0. The minimum absolute atomic E-state index is 0.218. The maximum atomic E-state index is 13.2. The van der Waals surface area contributed by atoms with Crippen LogP contribution < -0.4 is 4.74 Å². The monoisotopic (exact) mass is 453 g/mol. The Morgan fingerprint density at radius 2 is 1.41 bits per heavy atom. The summed E-state index contributed by atoms with van der Waals surface area (Å²) in [6.07, 6.45) is 0. The van der Waals surface area contributed by atoms with Gasteiger partial charge in [0.1, 0.15) is 5.75 Å². The largest absolute Gasteiger partial charge is 0.497 e. The molecule has 3 rings (SSSR count). The first-order valence-electron chi connectivity index (χ1n) is 9.08. The molecule has 0 saturated heterocycles. The summed E-state index contributed by atoms with van der Waals surface area (Å²) in [4.78, 5) is 24.2. The molecule has 0 aromatic heterocycles. The molecule has 0 unspecified atom stereocenters. The topological polar surface area (TPSA) is 69.4 Å². The minimum atomic E-state index is -1.08. The van der Waals surface area contributed by atoms with Crippen LogP contribution in [-0.4, -0.2) is 22.6 Å². The number of halogens is 1. The van der Waals surface area contributed by atoms with E-state index in [1.54, 1.807) is 55.6 Å². The average molecular weight is 454 g/mol. The maximum absolute atomic E-state index is 13.2. The molecule has 148 valence electrons. The zero-order valence-corrected chi connectivity index (χ0v) is 17.4. The highest BCUT2D eigenvalue weighted by atomic mass is 79.9. The summed E-state index contributed by atoms with van der Waals surface area (Å²) in [5.41, 5.74) is 1.74. The van der Waals surface area contributed by atoms with Crippen LogP contribution in [0, 0.1) is 10.1 Å². The van der Waals surface area contributed by atoms with Crippen LogP contribution in [0.2, 0.25) is 0 Å². The van der Waals surface area contributed by atoms with E-state index in [1.807, 2.05) is 36.4 Å². The van der Waals surface area contributed by atoms with Gasteiger partial charge in [-0.15, -0.1) is 0 Å². The third-order valence-corrected chi connectivity index (χ3v) is 5.82. The molecule has 0 saturated carbocycles. The van der Waals surface area contributed by atoms with Gasteiger partial charge in [-0.05, 0) is 29.8 Å². The van der Waals surface area contributed by atoms with E-state index < -0.39 is 16.8 Å². The van der Waals surface area contributed by atoms with Gasteiger partial charge in [0.25, 0.3) is 0 Å². The molecule has 0 heterocycles. The van der Waals surface area contributed by atoms with Gasteiger partial charge in [-0.25, -0.2) is 0 Å². The second-order valence-corrected chi connectivity index (χ2v) is 7.56. The van der Waals surface area contributed by atoms with Gasteiger partial charge in [0, 0.05) is 16.1 Å². The van der Waals surface area contributed by atoms with Gasteiger partial charge in [0.2, 0.25) is 6.04 Å². The van der Waals surface area contributed by atoms with Crippen molar-refractivity contribution in [1.29, 1.82) is 0 Å². The molecule has 0 aliphatic rings. The molecule has 0 radical (unpaired) electrons. The molecule has 3 atom stereocenters. The summed E-state index contributed by atoms with van der Waals surface area (Å²) >= 11 is 3.50. The Kier molecular flexibility index (Phi) is 6.77. The van der Waals surface area contributed by atoms with E-state index in [0.29, 0.717) is 16.9 Å². The van der Waals surface area contributed by atoms with Crippen LogP contribution in [0.3, 0.4) is 0 Å². The van der Waals surface area contributed by atoms with Crippen molar-refractivity contribution in [1.82, 2.24) is 0 Å². The summed E-state index contributed by atoms with van der Waals surface area (Å²) in [6, 6.07) is 23.6. The second-order valence-electron chi connectivity index (χ2n) is 6.57. The summed E-state index contributed by atoms with van der Waals surface area (Å²) in [5, 5.41) is 12.1. The van der Waals surface area contributed by atoms with Crippen LogP contribution in [0.15, 0.2) is 84.9 Å². The first-order valence-corrected chi connectivity index (χ1v) is 10.00. The Labute approximate surface area is 177 Å². The Balaban J connectivity index is 2.04. The van der Waals surface area contributed by atoms with E-state index in [1.165, 1.54) is 0 Å². The number of alkyl halides is 1. The maximum Gasteiger partial charge on any atom is 0.246 e. The zero-order valence-electron chi connectivity index (χ0n) is 15.8. The molecule has 29 heavy (non-hydrogen) atoms. The highest BCUT2D eigenvalue weighted by molar-refractivity contribution is 9.10. The highest BCUT2D eigenvalue weighted by Crippen LogP contribution is 2.40. The number of ether oxygens (including phenoxy) is 1. The lowest BCUT2D eigenvalue weighted by molar-refractivity contribution is -0.533. The molecule has 0 amide bonds. The predicted molar refractivity (Wildman–Crippen MR) is 115 cm³/mol. The van der Waals surface area contributed by atoms with E-state index in [0.717, 1.165) is 5.56 Å². The molecule has 6 heteroatoms. The van der Waals surface area contributed by atoms with Crippen LogP contribution in [0.1, 0.15) is 33.4 Å². The van der Waals surface area contributed by atoms with Gasteiger partial charge in [-0.1, -0.05) is 76.6 Å². The van der Waals surface area contributed by atoms with Gasteiger partial charge in [0.15, 0.2) is 5.78 Å². The van der Waals surface area contributed by atoms with Crippen LogP contribution in [0.4, 0.5) is 0 Å². The number of methoxy groups -OCH3 is 1. The number of hydrogen-bond acceptors (Lipinski definition) is 4. The molecular formula is C23H20BrNO4. The Morgan fingerprint density at radius 3 is 1.90 bits per heavy atom. The van der Waals surface area contributed by atoms with Crippen molar-refractivity contribution in [3.05, 3.63) is 112 Å². The van der Waals surface area contributed by atoms with E-state index in [2.05, 4.69) is 15.9 Å². The molecule has 3 aromatic carbocycles. The van der Waals surface area contributed by atoms with Crippen LogP contribution in [-0.2, 0) is 0 Å². The molecular weight excluding hydrogens is 434 g/mol. The molecule has 3 aromatic rings. The SMILES string of the molecule is COc1ccc(C(=O)[C@@H](Br)[C@@H](c2ccccc2)[C@@H](c2ccccc2)[N+](=O)[O-])cc1. The number of ketones is 1. The predicted octanol–water partition coefficient (Wildman–Crippen LogP) is 5.44. The molecule has 0 aliphatic carbocycles. The van der Waals surface area contributed by atoms with Crippen molar-refractivity contribution in [3.63, 3.8) is 0 Å². The van der Waals surface area contributed by atoms with E-state index in [9.17, 15) is 14.9 Å². The fourth-order valence-corrected chi connectivity index (χ4v) is 4.23. The highest BCUT2D eigenvalue weighted by Gasteiger charge is 2.42. The average Bonchev–Trinajstić information content (AvgIpc) is 2.77. The van der Waals surface area contributed by atoms with E-state index in [-0.39, 0.29) is 10.7 Å². The van der Waals surface area contributed by atoms with Gasteiger partial charge >= 0.3 is 0 Å². The van der Waals surface area contributed by atoms with Crippen molar-refractivity contribution in [3.8, 4) is 5.75 Å². The summed E-state index contributed by atoms with van der Waals surface area (Å²) in [5.74, 6) is -0.271. The first-order chi connectivity index (χ1) is 14.0. The van der Waals surface area contributed by atoms with Crippen molar-refractivity contribution < 1.29 is 14.5 Å². The Morgan fingerprint density at radius 1 is 0.897 bits per heavy atom. The first kappa shape index (κ1) is 20.7. The molecule has 0 bridgehead atoms. The Hall–Kier alpha value is -2.99. The number of benzene rings is 3. The smallest absolute Gasteiger partial charge is 0.246 e. The Bertz CT molecular complexity index is 961. The lowest BCUT2D eigenvalue weighted by Gasteiger charge is -2.25. The number of carbonyl (C=O) groups excluding carboxylic acids is 1. The van der Waals surface area contributed by atoms with Crippen LogP contribution in [0.5, 0.6) is 5.75 Å². The van der Waals surface area contributed by atoms with Gasteiger partial charge in [0.05, 0.1) is 17.9 Å².